The number of nitrogens with two attached hydrogens (primary N) is 1. The Morgan fingerprint density at radius 1 is 1.41 bits per heavy atom. The van der Waals surface area contributed by atoms with Crippen LogP contribution in [0.1, 0.15) is 10.4 Å². The Bertz CT molecular complexity index is 568. The summed E-state index contributed by atoms with van der Waals surface area (Å²) in [4.78, 5) is 11.8. The Morgan fingerprint density at radius 2 is 2.18 bits per heavy atom. The molecule has 0 spiro atoms. The zero-order chi connectivity index (χ0) is 12.4. The van der Waals surface area contributed by atoms with E-state index in [0.717, 1.165) is 4.47 Å². The molecule has 17 heavy (non-hydrogen) atoms. The number of carbonyl (C=O) groups is 1. The Kier molecular flexibility index (Phi) is 3.40. The molecule has 4 nitrogen and oxygen atoms in total. The van der Waals surface area contributed by atoms with Crippen molar-refractivity contribution in [2.45, 2.75) is 0 Å². The van der Waals surface area contributed by atoms with Crippen LogP contribution < -0.4 is 11.1 Å². The first-order valence-electron chi connectivity index (χ1n) is 4.67. The van der Waals surface area contributed by atoms with Gasteiger partial charge in [0.25, 0.3) is 5.91 Å². The van der Waals surface area contributed by atoms with Crippen LogP contribution in [-0.2, 0) is 0 Å². The SMILES string of the molecule is Nc1cc(NC(=O)c2ccoc2Cl)ccc1Br. The third-order valence-corrected chi connectivity index (χ3v) is 3.13. The third-order valence-electron chi connectivity index (χ3n) is 2.12. The van der Waals surface area contributed by atoms with Gasteiger partial charge in [0, 0.05) is 15.8 Å². The zero-order valence-electron chi connectivity index (χ0n) is 8.54. The van der Waals surface area contributed by atoms with Crippen molar-refractivity contribution in [3.8, 4) is 0 Å². The van der Waals surface area contributed by atoms with E-state index in [9.17, 15) is 4.79 Å². The molecule has 0 unspecified atom stereocenters. The molecule has 0 radical (unpaired) electrons. The van der Waals surface area contributed by atoms with Crippen LogP contribution in [0.5, 0.6) is 0 Å². The van der Waals surface area contributed by atoms with Crippen LogP contribution in [-0.4, -0.2) is 5.91 Å². The van der Waals surface area contributed by atoms with E-state index in [4.69, 9.17) is 21.8 Å². The second-order valence-corrected chi connectivity index (χ2v) is 4.50. The second-order valence-electron chi connectivity index (χ2n) is 3.30. The molecule has 1 aromatic heterocycles. The zero-order valence-corrected chi connectivity index (χ0v) is 10.9. The molecule has 0 aliphatic heterocycles. The molecular weight excluding hydrogens is 307 g/mol. The van der Waals surface area contributed by atoms with Crippen molar-refractivity contribution in [1.29, 1.82) is 0 Å². The smallest absolute Gasteiger partial charge is 0.260 e. The van der Waals surface area contributed by atoms with E-state index >= 15 is 0 Å². The Labute approximate surface area is 111 Å². The Morgan fingerprint density at radius 3 is 2.76 bits per heavy atom. The molecule has 88 valence electrons. The van der Waals surface area contributed by atoms with Crippen molar-refractivity contribution < 1.29 is 9.21 Å². The van der Waals surface area contributed by atoms with Crippen molar-refractivity contribution in [3.05, 3.63) is 45.8 Å². The summed E-state index contributed by atoms with van der Waals surface area (Å²) >= 11 is 8.97. The highest BCUT2D eigenvalue weighted by molar-refractivity contribution is 9.10. The molecule has 1 amide bonds. The fraction of sp³-hybridized carbons (Fsp3) is 0. The molecule has 1 heterocycles. The predicted octanol–water partition coefficient (Wildman–Crippen LogP) is 3.53. The molecule has 3 N–H and O–H groups in total. The van der Waals surface area contributed by atoms with Crippen LogP contribution >= 0.6 is 27.5 Å². The van der Waals surface area contributed by atoms with Gasteiger partial charge >= 0.3 is 0 Å². The lowest BCUT2D eigenvalue weighted by Crippen LogP contribution is -2.11. The highest BCUT2D eigenvalue weighted by Crippen LogP contribution is 2.24. The number of anilines is 2. The predicted molar refractivity (Wildman–Crippen MR) is 70.2 cm³/mol. The van der Waals surface area contributed by atoms with Crippen LogP contribution in [0.15, 0.2) is 39.4 Å². The van der Waals surface area contributed by atoms with Gasteiger partial charge in [-0.15, -0.1) is 0 Å². The minimum atomic E-state index is -0.342. The molecule has 1 aromatic carbocycles. The summed E-state index contributed by atoms with van der Waals surface area (Å²) in [6, 6.07) is 6.63. The molecule has 0 atom stereocenters. The summed E-state index contributed by atoms with van der Waals surface area (Å²) in [5, 5.41) is 2.73. The maximum absolute atomic E-state index is 11.8. The first kappa shape index (κ1) is 12.0. The first-order valence-corrected chi connectivity index (χ1v) is 5.84. The number of rotatable bonds is 2. The average molecular weight is 316 g/mol. The average Bonchev–Trinajstić information content (AvgIpc) is 2.70. The van der Waals surface area contributed by atoms with E-state index in [0.29, 0.717) is 11.4 Å². The number of nitrogen functional groups attached to an aromatic ring is 1. The van der Waals surface area contributed by atoms with Crippen LogP contribution in [0, 0.1) is 0 Å². The maximum atomic E-state index is 11.8. The number of carbonyl (C=O) groups excluding carboxylic acids is 1. The van der Waals surface area contributed by atoms with Crippen LogP contribution in [0.2, 0.25) is 5.22 Å². The highest BCUT2D eigenvalue weighted by Gasteiger charge is 2.13. The summed E-state index contributed by atoms with van der Waals surface area (Å²) in [7, 11) is 0. The fourth-order valence-corrected chi connectivity index (χ4v) is 1.72. The Hall–Kier alpha value is -1.46. The topological polar surface area (TPSA) is 68.3 Å². The number of benzene rings is 1. The molecule has 6 heteroatoms. The van der Waals surface area contributed by atoms with Gasteiger partial charge in [0.05, 0.1) is 11.8 Å². The molecule has 0 saturated heterocycles. The maximum Gasteiger partial charge on any atom is 0.260 e. The monoisotopic (exact) mass is 314 g/mol. The summed E-state index contributed by atoms with van der Waals surface area (Å²) in [6.45, 7) is 0. The van der Waals surface area contributed by atoms with Crippen LogP contribution in [0.3, 0.4) is 0 Å². The molecule has 2 aromatic rings. The largest absolute Gasteiger partial charge is 0.452 e. The summed E-state index contributed by atoms with van der Waals surface area (Å²) < 4.78 is 5.61. The van der Waals surface area contributed by atoms with Crippen molar-refractivity contribution in [1.82, 2.24) is 0 Å². The lowest BCUT2D eigenvalue weighted by atomic mass is 10.2. The lowest BCUT2D eigenvalue weighted by Gasteiger charge is -2.05. The third kappa shape index (κ3) is 2.62. The van der Waals surface area contributed by atoms with Crippen molar-refractivity contribution in [3.63, 3.8) is 0 Å². The van der Waals surface area contributed by atoms with Gasteiger partial charge in [0.2, 0.25) is 5.22 Å². The minimum Gasteiger partial charge on any atom is -0.452 e. The van der Waals surface area contributed by atoms with E-state index in [1.165, 1.54) is 12.3 Å². The summed E-state index contributed by atoms with van der Waals surface area (Å²) in [5.74, 6) is -0.342. The van der Waals surface area contributed by atoms with E-state index in [1.54, 1.807) is 18.2 Å². The number of hydrogen-bond acceptors (Lipinski definition) is 3. The van der Waals surface area contributed by atoms with Crippen LogP contribution in [0.25, 0.3) is 0 Å². The molecule has 0 aliphatic carbocycles. The van der Waals surface area contributed by atoms with Gasteiger partial charge in [0.1, 0.15) is 0 Å². The molecule has 2 rings (SSSR count). The van der Waals surface area contributed by atoms with E-state index in [2.05, 4.69) is 21.2 Å². The van der Waals surface area contributed by atoms with E-state index in [-0.39, 0.29) is 16.7 Å². The molecule has 0 aliphatic rings. The number of amides is 1. The van der Waals surface area contributed by atoms with E-state index in [1.807, 2.05) is 0 Å². The van der Waals surface area contributed by atoms with Gasteiger partial charge in [-0.1, -0.05) is 0 Å². The standard InChI is InChI=1S/C11H8BrClN2O2/c12-8-2-1-6(5-9(8)14)15-11(16)7-3-4-17-10(7)13/h1-5H,14H2,(H,15,16). The number of hydrogen-bond donors (Lipinski definition) is 2. The van der Waals surface area contributed by atoms with Crippen molar-refractivity contribution >= 4 is 44.8 Å². The highest BCUT2D eigenvalue weighted by atomic mass is 79.9. The van der Waals surface area contributed by atoms with Crippen molar-refractivity contribution in [2.75, 3.05) is 11.1 Å². The second kappa shape index (κ2) is 4.81. The number of nitrogens with one attached hydrogen (secondary N) is 1. The van der Waals surface area contributed by atoms with Gasteiger partial charge in [-0.05, 0) is 51.8 Å². The van der Waals surface area contributed by atoms with Gasteiger partial charge in [-0.25, -0.2) is 0 Å². The summed E-state index contributed by atoms with van der Waals surface area (Å²) in [5.41, 5.74) is 7.12. The van der Waals surface area contributed by atoms with Gasteiger partial charge in [-0.2, -0.15) is 0 Å². The number of furan rings is 1. The fourth-order valence-electron chi connectivity index (χ4n) is 1.28. The van der Waals surface area contributed by atoms with Crippen LogP contribution in [0.4, 0.5) is 11.4 Å². The number of halogens is 2. The van der Waals surface area contributed by atoms with Gasteiger partial charge in [0.15, 0.2) is 0 Å². The molecule has 0 fully saturated rings. The normalized spacial score (nSPS) is 10.2. The minimum absolute atomic E-state index is 0.0626. The Balaban J connectivity index is 2.19. The van der Waals surface area contributed by atoms with Crippen molar-refractivity contribution in [2.24, 2.45) is 0 Å². The van der Waals surface area contributed by atoms with Gasteiger partial charge < -0.3 is 15.5 Å². The van der Waals surface area contributed by atoms with Gasteiger partial charge in [-0.3, -0.25) is 4.79 Å². The lowest BCUT2D eigenvalue weighted by molar-refractivity contribution is 0.102. The molecular formula is C11H8BrClN2O2. The summed E-state index contributed by atoms with van der Waals surface area (Å²) in [6.07, 6.45) is 1.35. The van der Waals surface area contributed by atoms with E-state index < -0.39 is 0 Å². The molecule has 0 bridgehead atoms. The quantitative estimate of drug-likeness (QED) is 0.833. The molecule has 0 saturated carbocycles. The first-order chi connectivity index (χ1) is 8.08.